The number of phenols is 1. The molecular formula is C34H38AcF3N5O7. The van der Waals surface area contributed by atoms with Crippen LogP contribution in [0.15, 0.2) is 6.07 Å². The largest absolute Gasteiger partial charge is 0.507 e. The summed E-state index contributed by atoms with van der Waals surface area (Å²) in [5.74, 6) is -2.42. The molecule has 2 aromatic rings. The van der Waals surface area contributed by atoms with Crippen molar-refractivity contribution in [1.29, 1.82) is 5.26 Å². The third-order valence-corrected chi connectivity index (χ3v) is 10.4. The molecule has 2 bridgehead atoms. The standard InChI is InChI=1S/C34H38F3N5O7.Ac/c1-7-24(43)49-29-15(3)14(2)8-18-9-20-22(11-38)42-21(27(25(18)29)41(20)6)10-19-26(31-30(47-13-48-31)16(4)28(19)44)23(42)12-39-32(45)17(5)40-33(46)34(35,36)37;/h8,17,20-23,27,44H,7,9-10,12-13H2,1-6H3,(H,39,45)(H,40,46);/t17-,20-,21?,22-,23-,27-;/m0./s1. The quantitative estimate of drug-likeness (QED) is 0.291. The molecule has 6 atom stereocenters. The van der Waals surface area contributed by atoms with Gasteiger partial charge in [0, 0.05) is 91.4 Å². The van der Waals surface area contributed by atoms with Crippen LogP contribution in [0.3, 0.4) is 0 Å². The van der Waals surface area contributed by atoms with E-state index in [0.29, 0.717) is 40.4 Å². The van der Waals surface area contributed by atoms with E-state index in [2.05, 4.69) is 22.4 Å². The fraction of sp³-hybridized carbons (Fsp3) is 0.529. The average molecular weight is 913 g/mol. The van der Waals surface area contributed by atoms with Crippen LogP contribution >= 0.6 is 0 Å². The molecule has 0 spiro atoms. The van der Waals surface area contributed by atoms with Gasteiger partial charge in [-0.3, -0.25) is 24.2 Å². The summed E-state index contributed by atoms with van der Waals surface area (Å²) in [5.41, 5.74) is 4.98. The number of nitrogens with zero attached hydrogens (tertiary/aromatic N) is 3. The van der Waals surface area contributed by atoms with Gasteiger partial charge < -0.3 is 30.0 Å². The van der Waals surface area contributed by atoms with Gasteiger partial charge in [-0.1, -0.05) is 13.0 Å². The van der Waals surface area contributed by atoms with E-state index >= 15 is 0 Å². The number of carbonyl (C=O) groups is 3. The number of halogens is 3. The number of hydrogen-bond acceptors (Lipinski definition) is 10. The van der Waals surface area contributed by atoms with Gasteiger partial charge in [-0.15, -0.1) is 0 Å². The van der Waals surface area contributed by atoms with E-state index < -0.39 is 54.2 Å². The van der Waals surface area contributed by atoms with E-state index in [1.807, 2.05) is 25.8 Å². The van der Waals surface area contributed by atoms with Crippen molar-refractivity contribution in [3.63, 3.8) is 0 Å². The zero-order valence-corrected chi connectivity index (χ0v) is 33.3. The number of rotatable bonds is 6. The number of aromatic hydroxyl groups is 1. The summed E-state index contributed by atoms with van der Waals surface area (Å²) < 4.78 is 56.4. The molecule has 12 nitrogen and oxygen atoms in total. The molecule has 1 fully saturated rings. The number of amides is 2. The maximum Gasteiger partial charge on any atom is 0.471 e. The molecule has 1 radical (unpaired) electrons. The molecule has 2 aromatic carbocycles. The van der Waals surface area contributed by atoms with Crippen LogP contribution in [-0.4, -0.2) is 83.4 Å². The summed E-state index contributed by atoms with van der Waals surface area (Å²) in [4.78, 5) is 41.5. The molecule has 16 heteroatoms. The number of likely N-dealkylation sites (N-methyl/N-ethyl adjacent to an activating group) is 1. The predicted molar refractivity (Wildman–Crippen MR) is 167 cm³/mol. The van der Waals surface area contributed by atoms with Crippen molar-refractivity contribution in [2.45, 2.75) is 96.3 Å². The van der Waals surface area contributed by atoms with Crippen molar-refractivity contribution in [2.75, 3.05) is 20.4 Å². The third kappa shape index (κ3) is 6.22. The van der Waals surface area contributed by atoms with Crippen molar-refractivity contribution in [2.24, 2.45) is 0 Å². The van der Waals surface area contributed by atoms with Crippen LogP contribution in [0, 0.1) is 76.2 Å². The number of phenolic OH excluding ortho intramolecular Hbond substituents is 1. The fourth-order valence-electron chi connectivity index (χ4n) is 7.90. The molecule has 265 valence electrons. The predicted octanol–water partition coefficient (Wildman–Crippen LogP) is 3.32. The van der Waals surface area contributed by atoms with Gasteiger partial charge in [0.25, 0.3) is 0 Å². The molecule has 6 rings (SSSR count). The van der Waals surface area contributed by atoms with Gasteiger partial charge >= 0.3 is 18.1 Å². The van der Waals surface area contributed by atoms with Crippen LogP contribution in [0.25, 0.3) is 0 Å². The second-order valence-corrected chi connectivity index (χ2v) is 13.1. The second kappa shape index (κ2) is 14.1. The number of fused-ring (bicyclic) bond motifs is 9. The summed E-state index contributed by atoms with van der Waals surface area (Å²) in [6.07, 6.45) is -4.32. The molecule has 4 heterocycles. The first-order valence-electron chi connectivity index (χ1n) is 16.1. The number of esters is 1. The Morgan fingerprint density at radius 1 is 1.12 bits per heavy atom. The Kier molecular flexibility index (Phi) is 10.8. The summed E-state index contributed by atoms with van der Waals surface area (Å²) >= 11 is 0. The normalized spacial score (nSPS) is 24.0. The third-order valence-electron chi connectivity index (χ3n) is 10.4. The van der Waals surface area contributed by atoms with E-state index in [1.165, 1.54) is 0 Å². The Morgan fingerprint density at radius 3 is 2.44 bits per heavy atom. The van der Waals surface area contributed by atoms with Gasteiger partial charge in [0.2, 0.25) is 12.7 Å². The van der Waals surface area contributed by atoms with Crippen LogP contribution in [0.1, 0.15) is 71.3 Å². The summed E-state index contributed by atoms with van der Waals surface area (Å²) in [5, 5.41) is 26.7. The van der Waals surface area contributed by atoms with Crippen LogP contribution in [-0.2, 0) is 27.2 Å². The number of piperazine rings is 1. The van der Waals surface area contributed by atoms with Gasteiger partial charge in [0.05, 0.1) is 18.2 Å². The zero-order chi connectivity index (χ0) is 35.7. The number of aryl methyl sites for hydroxylation is 1. The second-order valence-electron chi connectivity index (χ2n) is 13.1. The van der Waals surface area contributed by atoms with Crippen molar-refractivity contribution in [1.82, 2.24) is 20.4 Å². The molecule has 50 heavy (non-hydrogen) atoms. The number of benzene rings is 2. The number of nitriles is 1. The van der Waals surface area contributed by atoms with E-state index in [9.17, 15) is 37.9 Å². The van der Waals surface area contributed by atoms with Crippen LogP contribution in [0.5, 0.6) is 23.0 Å². The topological polar surface area (TPSA) is 153 Å². The van der Waals surface area contributed by atoms with Crippen LogP contribution in [0.2, 0.25) is 0 Å². The van der Waals surface area contributed by atoms with Crippen LogP contribution in [0.4, 0.5) is 13.2 Å². The molecule has 0 saturated carbocycles. The van der Waals surface area contributed by atoms with Crippen molar-refractivity contribution in [3.05, 3.63) is 45.0 Å². The minimum atomic E-state index is -5.17. The maximum absolute atomic E-state index is 13.1. The monoisotopic (exact) mass is 912 g/mol. The molecule has 3 N–H and O–H groups in total. The minimum Gasteiger partial charge on any atom is -0.507 e. The minimum absolute atomic E-state index is 0. The van der Waals surface area contributed by atoms with Gasteiger partial charge in [0.1, 0.15) is 23.6 Å². The molecule has 1 unspecified atom stereocenters. The Balaban J connectivity index is 0.00000486. The van der Waals surface area contributed by atoms with Crippen molar-refractivity contribution < 1.29 is 90.9 Å². The Morgan fingerprint density at radius 2 is 1.80 bits per heavy atom. The number of carbonyl (C=O) groups excluding carboxylic acids is 3. The van der Waals surface area contributed by atoms with Gasteiger partial charge in [-0.05, 0) is 64.3 Å². The molecule has 0 aromatic heterocycles. The van der Waals surface area contributed by atoms with Gasteiger partial charge in [0.15, 0.2) is 11.5 Å². The first-order chi connectivity index (χ1) is 23.1. The molecule has 1 saturated heterocycles. The molecule has 0 aliphatic carbocycles. The summed E-state index contributed by atoms with van der Waals surface area (Å²) in [7, 11) is 1.92. The van der Waals surface area contributed by atoms with Crippen molar-refractivity contribution >= 4 is 17.8 Å². The first kappa shape index (κ1) is 38.1. The number of nitrogens with one attached hydrogen (secondary N) is 2. The SMILES string of the molecule is CCC(=O)Oc1c(C)c(C)cc2c1[C@@H]1C3Cc4c(O)c(C)c5c(c4[C@H](CNC(=O)[C@H](C)NC(=O)C(F)(F)F)N3[C@@H](C#N)[C@H](C2)N1C)OCO5.[Ac]. The van der Waals surface area contributed by atoms with Gasteiger partial charge in [-0.25, -0.2) is 0 Å². The molecule has 2 amide bonds. The summed E-state index contributed by atoms with van der Waals surface area (Å²) in [6.45, 7) is 8.06. The number of hydrogen-bond donors (Lipinski definition) is 3. The molecule has 4 aliphatic heterocycles. The van der Waals surface area contributed by atoms with E-state index in [-0.39, 0.29) is 82.0 Å². The zero-order valence-electron chi connectivity index (χ0n) is 28.5. The Hall–Kier alpha value is -3.11. The van der Waals surface area contributed by atoms with Gasteiger partial charge in [-0.2, -0.15) is 18.4 Å². The fourth-order valence-corrected chi connectivity index (χ4v) is 7.90. The first-order valence-corrected chi connectivity index (χ1v) is 16.1. The smallest absolute Gasteiger partial charge is 0.471 e. The van der Waals surface area contributed by atoms with E-state index in [0.717, 1.165) is 29.2 Å². The molecule has 4 aliphatic rings. The molecular weight excluding hydrogens is 874 g/mol. The average Bonchev–Trinajstić information content (AvgIpc) is 3.54. The van der Waals surface area contributed by atoms with E-state index in [1.54, 1.807) is 19.2 Å². The van der Waals surface area contributed by atoms with E-state index in [4.69, 9.17) is 14.2 Å². The number of alkyl halides is 3. The number of ether oxygens (including phenoxy) is 3. The van der Waals surface area contributed by atoms with Crippen molar-refractivity contribution in [3.8, 4) is 29.1 Å². The Bertz CT molecular complexity index is 1800. The summed E-state index contributed by atoms with van der Waals surface area (Å²) in [6, 6.07) is 0.168. The van der Waals surface area contributed by atoms with Crippen LogP contribution < -0.4 is 24.8 Å². The Labute approximate surface area is 323 Å². The maximum atomic E-state index is 13.1.